The van der Waals surface area contributed by atoms with Crippen molar-refractivity contribution in [1.29, 1.82) is 0 Å². The van der Waals surface area contributed by atoms with Crippen molar-refractivity contribution in [2.24, 2.45) is 10.8 Å². The van der Waals surface area contributed by atoms with E-state index in [1.54, 1.807) is 12.1 Å². The predicted octanol–water partition coefficient (Wildman–Crippen LogP) is 3.57. The molecule has 0 saturated carbocycles. The Morgan fingerprint density at radius 1 is 1.27 bits per heavy atom. The van der Waals surface area contributed by atoms with Crippen LogP contribution < -0.4 is 25.4 Å². The van der Waals surface area contributed by atoms with Gasteiger partial charge in [0.15, 0.2) is 11.5 Å². The van der Waals surface area contributed by atoms with Gasteiger partial charge in [-0.3, -0.25) is 0 Å². The molecule has 2 amide bonds. The zero-order chi connectivity index (χ0) is 18.9. The number of nitrogens with one attached hydrogen (secondary N) is 1. The van der Waals surface area contributed by atoms with E-state index in [1.807, 2.05) is 24.3 Å². The SMILES string of the molecule is COc1cc(/C=N/NC(N)=O)cc(Cl)c1OCCOc1ccc(Br)cc1. The number of hydrogen-bond acceptors (Lipinski definition) is 5. The van der Waals surface area contributed by atoms with Gasteiger partial charge in [0.05, 0.1) is 18.3 Å². The number of hydrazone groups is 1. The molecule has 2 rings (SSSR count). The summed E-state index contributed by atoms with van der Waals surface area (Å²) in [5, 5.41) is 4.02. The van der Waals surface area contributed by atoms with Crippen LogP contribution in [-0.2, 0) is 0 Å². The highest BCUT2D eigenvalue weighted by Gasteiger charge is 2.11. The Morgan fingerprint density at radius 2 is 1.96 bits per heavy atom. The van der Waals surface area contributed by atoms with E-state index in [1.165, 1.54) is 13.3 Å². The lowest BCUT2D eigenvalue weighted by Crippen LogP contribution is -2.24. The fourth-order valence-corrected chi connectivity index (χ4v) is 2.50. The first kappa shape index (κ1) is 19.9. The summed E-state index contributed by atoms with van der Waals surface area (Å²) in [7, 11) is 1.50. The summed E-state index contributed by atoms with van der Waals surface area (Å²) >= 11 is 9.61. The fourth-order valence-electron chi connectivity index (χ4n) is 1.96. The summed E-state index contributed by atoms with van der Waals surface area (Å²) in [6, 6.07) is 10.0. The van der Waals surface area contributed by atoms with Crippen LogP contribution in [0.15, 0.2) is 46.0 Å². The van der Waals surface area contributed by atoms with E-state index in [4.69, 9.17) is 31.5 Å². The highest BCUT2D eigenvalue weighted by molar-refractivity contribution is 9.10. The zero-order valence-corrected chi connectivity index (χ0v) is 16.2. The third-order valence-electron chi connectivity index (χ3n) is 3.05. The van der Waals surface area contributed by atoms with E-state index in [0.29, 0.717) is 28.7 Å². The van der Waals surface area contributed by atoms with Gasteiger partial charge in [-0.2, -0.15) is 5.10 Å². The number of ether oxygens (including phenoxy) is 3. The van der Waals surface area contributed by atoms with Gasteiger partial charge in [-0.1, -0.05) is 27.5 Å². The van der Waals surface area contributed by atoms with Crippen LogP contribution in [0.2, 0.25) is 5.02 Å². The number of halogens is 2. The van der Waals surface area contributed by atoms with Gasteiger partial charge in [0.25, 0.3) is 0 Å². The van der Waals surface area contributed by atoms with Crippen molar-refractivity contribution in [1.82, 2.24) is 5.43 Å². The number of primary amides is 1. The molecule has 0 fully saturated rings. The Bertz CT molecular complexity index is 784. The molecule has 0 aliphatic carbocycles. The smallest absolute Gasteiger partial charge is 0.332 e. The molecular formula is C17H17BrClN3O4. The average molecular weight is 443 g/mol. The second-order valence-electron chi connectivity index (χ2n) is 4.92. The van der Waals surface area contributed by atoms with Gasteiger partial charge < -0.3 is 19.9 Å². The molecule has 26 heavy (non-hydrogen) atoms. The molecule has 2 aromatic rings. The van der Waals surface area contributed by atoms with Crippen LogP contribution in [0.25, 0.3) is 0 Å². The predicted molar refractivity (Wildman–Crippen MR) is 103 cm³/mol. The van der Waals surface area contributed by atoms with Crippen molar-refractivity contribution in [2.75, 3.05) is 20.3 Å². The lowest BCUT2D eigenvalue weighted by Gasteiger charge is -2.13. The molecule has 0 radical (unpaired) electrons. The molecule has 0 heterocycles. The average Bonchev–Trinajstić information content (AvgIpc) is 2.61. The van der Waals surface area contributed by atoms with E-state index in [9.17, 15) is 4.79 Å². The quantitative estimate of drug-likeness (QED) is 0.371. The van der Waals surface area contributed by atoms with Crippen LogP contribution in [0.4, 0.5) is 4.79 Å². The van der Waals surface area contributed by atoms with Gasteiger partial charge in [0.2, 0.25) is 0 Å². The maximum Gasteiger partial charge on any atom is 0.332 e. The van der Waals surface area contributed by atoms with Gasteiger partial charge in [-0.15, -0.1) is 0 Å². The molecule has 0 atom stereocenters. The number of methoxy groups -OCH3 is 1. The first-order valence-electron chi connectivity index (χ1n) is 7.47. The number of carbonyl (C=O) groups excluding carboxylic acids is 1. The van der Waals surface area contributed by atoms with Crippen LogP contribution in [0.5, 0.6) is 17.2 Å². The second-order valence-corrected chi connectivity index (χ2v) is 6.24. The lowest BCUT2D eigenvalue weighted by atomic mass is 10.2. The third-order valence-corrected chi connectivity index (χ3v) is 3.86. The molecule has 0 saturated heterocycles. The Kier molecular flexibility index (Phi) is 7.55. The summed E-state index contributed by atoms with van der Waals surface area (Å²) in [5.41, 5.74) is 7.65. The summed E-state index contributed by atoms with van der Waals surface area (Å²) in [4.78, 5) is 10.6. The Labute approximate surface area is 164 Å². The minimum atomic E-state index is -0.759. The van der Waals surface area contributed by atoms with Crippen molar-refractivity contribution in [2.45, 2.75) is 0 Å². The molecule has 138 valence electrons. The van der Waals surface area contributed by atoms with Crippen LogP contribution >= 0.6 is 27.5 Å². The number of benzene rings is 2. The minimum absolute atomic E-state index is 0.281. The van der Waals surface area contributed by atoms with Crippen molar-refractivity contribution in [3.8, 4) is 17.2 Å². The standard InChI is InChI=1S/C17H17BrClN3O4/c1-24-15-9-11(10-21-22-17(20)23)8-14(19)16(15)26-7-6-25-13-4-2-12(18)3-5-13/h2-5,8-10H,6-7H2,1H3,(H3,20,22,23)/b21-10+. The van der Waals surface area contributed by atoms with Crippen molar-refractivity contribution >= 4 is 39.8 Å². The molecule has 0 aliphatic heterocycles. The third kappa shape index (κ3) is 6.12. The normalized spacial score (nSPS) is 10.6. The Hall–Kier alpha value is -2.45. The van der Waals surface area contributed by atoms with Crippen molar-refractivity contribution < 1.29 is 19.0 Å². The fraction of sp³-hybridized carbons (Fsp3) is 0.176. The number of nitrogens with zero attached hydrogens (tertiary/aromatic N) is 1. The zero-order valence-electron chi connectivity index (χ0n) is 13.9. The van der Waals surface area contributed by atoms with Gasteiger partial charge in [-0.05, 0) is 42.0 Å². The van der Waals surface area contributed by atoms with E-state index in [0.717, 1.165) is 10.2 Å². The van der Waals surface area contributed by atoms with Crippen LogP contribution in [0.3, 0.4) is 0 Å². The topological polar surface area (TPSA) is 95.2 Å². The number of carbonyl (C=O) groups is 1. The van der Waals surface area contributed by atoms with E-state index in [2.05, 4.69) is 26.5 Å². The number of urea groups is 1. The number of amides is 2. The molecule has 0 aliphatic rings. The van der Waals surface area contributed by atoms with Gasteiger partial charge in [-0.25, -0.2) is 10.2 Å². The number of hydrogen-bond donors (Lipinski definition) is 2. The Balaban J connectivity index is 1.96. The van der Waals surface area contributed by atoms with Crippen LogP contribution in [0.1, 0.15) is 5.56 Å². The van der Waals surface area contributed by atoms with Crippen LogP contribution in [-0.4, -0.2) is 32.6 Å². The highest BCUT2D eigenvalue weighted by atomic mass is 79.9. The monoisotopic (exact) mass is 441 g/mol. The summed E-state index contributed by atoms with van der Waals surface area (Å²) in [6.45, 7) is 0.621. The molecule has 0 unspecified atom stereocenters. The maximum atomic E-state index is 10.6. The summed E-state index contributed by atoms with van der Waals surface area (Å²) in [6.07, 6.45) is 1.39. The minimum Gasteiger partial charge on any atom is -0.493 e. The molecule has 7 nitrogen and oxygen atoms in total. The van der Waals surface area contributed by atoms with Gasteiger partial charge in [0, 0.05) is 4.47 Å². The molecule has 0 aromatic heterocycles. The van der Waals surface area contributed by atoms with Gasteiger partial charge >= 0.3 is 6.03 Å². The molecule has 0 bridgehead atoms. The Morgan fingerprint density at radius 3 is 2.62 bits per heavy atom. The number of nitrogens with two attached hydrogens (primary N) is 1. The highest BCUT2D eigenvalue weighted by Crippen LogP contribution is 2.36. The largest absolute Gasteiger partial charge is 0.493 e. The van der Waals surface area contributed by atoms with E-state index in [-0.39, 0.29) is 6.61 Å². The molecule has 3 N–H and O–H groups in total. The molecule has 0 spiro atoms. The molecule has 9 heteroatoms. The van der Waals surface area contributed by atoms with Crippen LogP contribution in [0, 0.1) is 0 Å². The van der Waals surface area contributed by atoms with Gasteiger partial charge in [0.1, 0.15) is 19.0 Å². The van der Waals surface area contributed by atoms with E-state index < -0.39 is 6.03 Å². The first-order chi connectivity index (χ1) is 12.5. The van der Waals surface area contributed by atoms with E-state index >= 15 is 0 Å². The van der Waals surface area contributed by atoms with Crippen molar-refractivity contribution in [3.63, 3.8) is 0 Å². The first-order valence-corrected chi connectivity index (χ1v) is 8.64. The summed E-state index contributed by atoms with van der Waals surface area (Å²) in [5.74, 6) is 1.57. The second kappa shape index (κ2) is 9.88. The molecular weight excluding hydrogens is 426 g/mol. The number of rotatable bonds is 8. The maximum absolute atomic E-state index is 10.6. The molecule has 2 aromatic carbocycles. The van der Waals surface area contributed by atoms with Crippen molar-refractivity contribution in [3.05, 3.63) is 51.5 Å². The lowest BCUT2D eigenvalue weighted by molar-refractivity contribution is 0.211. The summed E-state index contributed by atoms with van der Waals surface area (Å²) < 4.78 is 17.5.